The zero-order valence-corrected chi connectivity index (χ0v) is 17.7. The number of aromatic amines is 1. The average Bonchev–Trinajstić information content (AvgIpc) is 2.74. The van der Waals surface area contributed by atoms with Crippen LogP contribution in [0.5, 0.6) is 0 Å². The van der Waals surface area contributed by atoms with E-state index in [1.54, 1.807) is 12.4 Å². The Morgan fingerprint density at radius 1 is 1.10 bits per heavy atom. The number of nitrogens with zero attached hydrogens (tertiary/aromatic N) is 1. The van der Waals surface area contributed by atoms with E-state index in [0.29, 0.717) is 23.2 Å². The summed E-state index contributed by atoms with van der Waals surface area (Å²) >= 11 is 13.1. The van der Waals surface area contributed by atoms with E-state index >= 15 is 0 Å². The van der Waals surface area contributed by atoms with E-state index in [-0.39, 0.29) is 5.56 Å². The van der Waals surface area contributed by atoms with Gasteiger partial charge in [-0.05, 0) is 24.1 Å². The van der Waals surface area contributed by atoms with E-state index in [0.717, 1.165) is 24.8 Å². The maximum atomic E-state index is 12.9. The summed E-state index contributed by atoms with van der Waals surface area (Å²) in [7, 11) is 0. The van der Waals surface area contributed by atoms with Gasteiger partial charge in [-0.2, -0.15) is 0 Å². The summed E-state index contributed by atoms with van der Waals surface area (Å²) in [6.07, 6.45) is 5.04. The Labute approximate surface area is 180 Å². The summed E-state index contributed by atoms with van der Waals surface area (Å²) in [5, 5.41) is 11.1. The molecule has 0 aliphatic rings. The standard InChI is InChI=1S/C23H24Cl2N2O2/c1-2-3-8-13-23(24,25)21(28)20-19(16-10-5-4-6-11-16)17(15-27-22(20)29)18-12-7-9-14-26-18/h4-7,9-12,14-15,21,28H,2-3,8,13H2,1H3,(H,27,29). The zero-order valence-electron chi connectivity index (χ0n) is 16.2. The van der Waals surface area contributed by atoms with Crippen LogP contribution in [0.3, 0.4) is 0 Å². The lowest BCUT2D eigenvalue weighted by Crippen LogP contribution is -2.30. The first-order valence-corrected chi connectivity index (χ1v) is 10.5. The molecule has 4 nitrogen and oxygen atoms in total. The number of nitrogens with one attached hydrogen (secondary N) is 1. The van der Waals surface area contributed by atoms with Crippen molar-refractivity contribution >= 4 is 23.2 Å². The zero-order chi connectivity index (χ0) is 20.9. The van der Waals surface area contributed by atoms with Gasteiger partial charge in [0.05, 0.1) is 11.3 Å². The average molecular weight is 431 g/mol. The fourth-order valence-electron chi connectivity index (χ4n) is 3.41. The number of aliphatic hydroxyl groups excluding tert-OH is 1. The highest BCUT2D eigenvalue weighted by molar-refractivity contribution is 6.48. The molecule has 3 aromatic rings. The second-order valence-corrected chi connectivity index (χ2v) is 8.56. The SMILES string of the molecule is CCCCCC(Cl)(Cl)C(O)c1c(-c2ccccc2)c(-c2ccccn2)c[nH]c1=O. The molecule has 0 aliphatic carbocycles. The molecule has 0 saturated heterocycles. The van der Waals surface area contributed by atoms with Crippen molar-refractivity contribution in [2.75, 3.05) is 0 Å². The molecule has 6 heteroatoms. The summed E-state index contributed by atoms with van der Waals surface area (Å²) in [5.74, 6) is 0. The molecule has 0 bridgehead atoms. The molecule has 0 spiro atoms. The number of halogens is 2. The molecule has 152 valence electrons. The van der Waals surface area contributed by atoms with Gasteiger partial charge in [-0.3, -0.25) is 9.78 Å². The van der Waals surface area contributed by atoms with Crippen LogP contribution < -0.4 is 5.56 Å². The normalized spacial score (nSPS) is 12.7. The summed E-state index contributed by atoms with van der Waals surface area (Å²) in [6.45, 7) is 2.08. The molecule has 0 aliphatic heterocycles. The van der Waals surface area contributed by atoms with Crippen molar-refractivity contribution in [2.45, 2.75) is 43.0 Å². The Morgan fingerprint density at radius 2 is 1.83 bits per heavy atom. The van der Waals surface area contributed by atoms with Crippen molar-refractivity contribution in [3.8, 4) is 22.4 Å². The molecule has 0 saturated carbocycles. The Balaban J connectivity index is 2.20. The molecule has 1 atom stereocenters. The lowest BCUT2D eigenvalue weighted by molar-refractivity contribution is 0.152. The number of hydrogen-bond acceptors (Lipinski definition) is 3. The molecule has 2 aromatic heterocycles. The number of unbranched alkanes of at least 4 members (excludes halogenated alkanes) is 2. The third kappa shape index (κ3) is 4.89. The van der Waals surface area contributed by atoms with Gasteiger partial charge < -0.3 is 10.1 Å². The van der Waals surface area contributed by atoms with E-state index in [9.17, 15) is 9.90 Å². The maximum Gasteiger partial charge on any atom is 0.254 e. The number of rotatable bonds is 8. The Morgan fingerprint density at radius 3 is 2.48 bits per heavy atom. The molecule has 2 N–H and O–H groups in total. The van der Waals surface area contributed by atoms with Gasteiger partial charge >= 0.3 is 0 Å². The monoisotopic (exact) mass is 430 g/mol. The van der Waals surface area contributed by atoms with Crippen molar-refractivity contribution in [3.05, 3.63) is 76.8 Å². The van der Waals surface area contributed by atoms with Gasteiger partial charge in [-0.15, -0.1) is 0 Å². The first-order chi connectivity index (χ1) is 14.0. The molecule has 2 heterocycles. The second-order valence-electron chi connectivity index (χ2n) is 7.02. The quantitative estimate of drug-likeness (QED) is 0.345. The Kier molecular flexibility index (Phi) is 7.12. The van der Waals surface area contributed by atoms with Crippen molar-refractivity contribution in [3.63, 3.8) is 0 Å². The van der Waals surface area contributed by atoms with Crippen LogP contribution in [0.15, 0.2) is 65.7 Å². The van der Waals surface area contributed by atoms with Crippen LogP contribution in [0, 0.1) is 0 Å². The molecule has 0 amide bonds. The van der Waals surface area contributed by atoms with Crippen LogP contribution in [0.2, 0.25) is 0 Å². The third-order valence-corrected chi connectivity index (χ3v) is 5.71. The van der Waals surface area contributed by atoms with Crippen molar-refractivity contribution in [1.82, 2.24) is 9.97 Å². The summed E-state index contributed by atoms with van der Waals surface area (Å²) in [5.41, 5.74) is 2.48. The predicted octanol–water partition coefficient (Wildman–Crippen LogP) is 5.89. The number of benzene rings is 1. The number of aliphatic hydroxyl groups is 1. The van der Waals surface area contributed by atoms with Crippen molar-refractivity contribution < 1.29 is 5.11 Å². The molecule has 3 rings (SSSR count). The molecular formula is C23H24Cl2N2O2. The van der Waals surface area contributed by atoms with Gasteiger partial charge in [0.2, 0.25) is 0 Å². The number of H-pyrrole nitrogens is 1. The predicted molar refractivity (Wildman–Crippen MR) is 119 cm³/mol. The maximum absolute atomic E-state index is 12.9. The second kappa shape index (κ2) is 9.57. The van der Waals surface area contributed by atoms with E-state index in [1.807, 2.05) is 48.5 Å². The third-order valence-electron chi connectivity index (χ3n) is 4.92. The van der Waals surface area contributed by atoms with Crippen LogP contribution in [-0.2, 0) is 0 Å². The van der Waals surface area contributed by atoms with Gasteiger partial charge in [-0.25, -0.2) is 0 Å². The lowest BCUT2D eigenvalue weighted by Gasteiger charge is -2.28. The van der Waals surface area contributed by atoms with Gasteiger partial charge in [0.15, 0.2) is 0 Å². The fourth-order valence-corrected chi connectivity index (χ4v) is 3.89. The number of pyridine rings is 2. The van der Waals surface area contributed by atoms with E-state index in [2.05, 4.69) is 16.9 Å². The number of hydrogen-bond donors (Lipinski definition) is 2. The molecule has 0 radical (unpaired) electrons. The molecule has 1 aromatic carbocycles. The van der Waals surface area contributed by atoms with Gasteiger partial charge in [0.25, 0.3) is 5.56 Å². The fraction of sp³-hybridized carbons (Fsp3) is 0.304. The Hall–Kier alpha value is -2.14. The van der Waals surface area contributed by atoms with Crippen LogP contribution in [0.25, 0.3) is 22.4 Å². The summed E-state index contributed by atoms with van der Waals surface area (Å²) in [4.78, 5) is 20.0. The van der Waals surface area contributed by atoms with Gasteiger partial charge in [-0.1, -0.05) is 85.8 Å². The minimum absolute atomic E-state index is 0.154. The van der Waals surface area contributed by atoms with Gasteiger partial charge in [0, 0.05) is 23.5 Å². The minimum Gasteiger partial charge on any atom is -0.385 e. The Bertz CT molecular complexity index is 989. The first kappa shape index (κ1) is 21.6. The minimum atomic E-state index is -1.48. The van der Waals surface area contributed by atoms with Gasteiger partial charge in [0.1, 0.15) is 10.4 Å². The lowest BCUT2D eigenvalue weighted by atomic mass is 9.90. The van der Waals surface area contributed by atoms with Crippen LogP contribution >= 0.6 is 23.2 Å². The van der Waals surface area contributed by atoms with Crippen LogP contribution in [0.1, 0.15) is 44.3 Å². The van der Waals surface area contributed by atoms with E-state index in [4.69, 9.17) is 23.2 Å². The molecule has 0 fully saturated rings. The molecule has 29 heavy (non-hydrogen) atoms. The smallest absolute Gasteiger partial charge is 0.254 e. The van der Waals surface area contributed by atoms with Crippen molar-refractivity contribution in [2.24, 2.45) is 0 Å². The molecular weight excluding hydrogens is 407 g/mol. The molecule has 1 unspecified atom stereocenters. The summed E-state index contributed by atoms with van der Waals surface area (Å²) < 4.78 is -1.48. The van der Waals surface area contributed by atoms with E-state index in [1.165, 1.54) is 0 Å². The first-order valence-electron chi connectivity index (χ1n) is 9.74. The highest BCUT2D eigenvalue weighted by Gasteiger charge is 2.38. The highest BCUT2D eigenvalue weighted by atomic mass is 35.5. The van der Waals surface area contributed by atoms with Crippen LogP contribution in [0.4, 0.5) is 0 Å². The summed E-state index contributed by atoms with van der Waals surface area (Å²) in [6, 6.07) is 15.0. The van der Waals surface area contributed by atoms with Crippen LogP contribution in [-0.4, -0.2) is 19.4 Å². The topological polar surface area (TPSA) is 66.0 Å². The van der Waals surface area contributed by atoms with E-state index < -0.39 is 16.0 Å². The highest BCUT2D eigenvalue weighted by Crippen LogP contribution is 2.44. The largest absolute Gasteiger partial charge is 0.385 e. The number of aromatic nitrogens is 2. The number of alkyl halides is 2. The van der Waals surface area contributed by atoms with Crippen molar-refractivity contribution in [1.29, 1.82) is 0 Å².